The summed E-state index contributed by atoms with van der Waals surface area (Å²) in [4.78, 5) is 10.2. The molecule has 13 heteroatoms. The Balaban J connectivity index is 1.50. The van der Waals surface area contributed by atoms with E-state index >= 15 is 0 Å². The molecule has 0 amide bonds. The van der Waals surface area contributed by atoms with Crippen molar-refractivity contribution in [1.82, 2.24) is 14.7 Å². The second-order valence-electron chi connectivity index (χ2n) is 6.20. The highest BCUT2D eigenvalue weighted by atomic mass is 32.2. The van der Waals surface area contributed by atoms with Crippen molar-refractivity contribution < 1.29 is 31.1 Å². The number of sulfonamides is 1. The standard InChI is InChI=1S/C17H20F3N5O4S/c18-17(19,20)29-13-1-3-14(4-2-13)30(26,27)24-6-5-21-15-11-16(23-12-22-15)25-7-9-28-10-8-25/h1-4,11-12,24H,5-10H2,(H,21,22,23). The Morgan fingerprint density at radius 2 is 1.80 bits per heavy atom. The second-order valence-corrected chi connectivity index (χ2v) is 7.97. The topological polar surface area (TPSA) is 106 Å². The first-order valence-corrected chi connectivity index (χ1v) is 10.5. The van der Waals surface area contributed by atoms with Gasteiger partial charge in [-0.15, -0.1) is 13.2 Å². The summed E-state index contributed by atoms with van der Waals surface area (Å²) < 4.78 is 72.4. The van der Waals surface area contributed by atoms with Gasteiger partial charge in [0, 0.05) is 32.2 Å². The molecule has 0 spiro atoms. The summed E-state index contributed by atoms with van der Waals surface area (Å²) in [6.45, 7) is 2.98. The third kappa shape index (κ3) is 6.43. The van der Waals surface area contributed by atoms with Crippen molar-refractivity contribution in [2.45, 2.75) is 11.3 Å². The average Bonchev–Trinajstić information content (AvgIpc) is 2.71. The fourth-order valence-electron chi connectivity index (χ4n) is 2.69. The number of aromatic nitrogens is 2. The smallest absolute Gasteiger partial charge is 0.406 e. The molecule has 9 nitrogen and oxygen atoms in total. The first-order valence-electron chi connectivity index (χ1n) is 8.97. The largest absolute Gasteiger partial charge is 0.573 e. The van der Waals surface area contributed by atoms with E-state index in [1.807, 2.05) is 0 Å². The van der Waals surface area contributed by atoms with Gasteiger partial charge in [-0.05, 0) is 24.3 Å². The summed E-state index contributed by atoms with van der Waals surface area (Å²) >= 11 is 0. The molecule has 3 rings (SSSR count). The summed E-state index contributed by atoms with van der Waals surface area (Å²) in [5, 5.41) is 3.00. The monoisotopic (exact) mass is 447 g/mol. The van der Waals surface area contributed by atoms with Crippen molar-refractivity contribution >= 4 is 21.7 Å². The number of benzene rings is 1. The average molecular weight is 447 g/mol. The maximum absolute atomic E-state index is 12.3. The van der Waals surface area contributed by atoms with E-state index in [0.717, 1.165) is 43.2 Å². The first-order chi connectivity index (χ1) is 14.2. The van der Waals surface area contributed by atoms with Crippen LogP contribution in [0.5, 0.6) is 5.75 Å². The summed E-state index contributed by atoms with van der Waals surface area (Å²) in [5.74, 6) is 0.792. The van der Waals surface area contributed by atoms with E-state index in [4.69, 9.17) is 4.74 Å². The maximum Gasteiger partial charge on any atom is 0.573 e. The number of hydrogen-bond acceptors (Lipinski definition) is 8. The summed E-state index contributed by atoms with van der Waals surface area (Å²) in [6.07, 6.45) is -3.42. The first kappa shape index (κ1) is 22.1. The Hall–Kier alpha value is -2.64. The SMILES string of the molecule is O=S(=O)(NCCNc1cc(N2CCOCC2)ncn1)c1ccc(OC(F)(F)F)cc1. The minimum absolute atomic E-state index is 0.0417. The van der Waals surface area contributed by atoms with Crippen LogP contribution in [0.15, 0.2) is 41.6 Å². The summed E-state index contributed by atoms with van der Waals surface area (Å²) in [7, 11) is -3.88. The predicted molar refractivity (Wildman–Crippen MR) is 102 cm³/mol. The maximum atomic E-state index is 12.3. The molecule has 0 aliphatic carbocycles. The number of alkyl halides is 3. The zero-order valence-electron chi connectivity index (χ0n) is 15.7. The van der Waals surface area contributed by atoms with Crippen molar-refractivity contribution in [3.63, 3.8) is 0 Å². The lowest BCUT2D eigenvalue weighted by Crippen LogP contribution is -2.36. The van der Waals surface area contributed by atoms with Crippen molar-refractivity contribution in [2.75, 3.05) is 49.6 Å². The van der Waals surface area contributed by atoms with Crippen LogP contribution in [0.3, 0.4) is 0 Å². The minimum Gasteiger partial charge on any atom is -0.406 e. The number of ether oxygens (including phenoxy) is 2. The predicted octanol–water partition coefficient (Wildman–Crippen LogP) is 1.60. The van der Waals surface area contributed by atoms with Crippen molar-refractivity contribution in [3.05, 3.63) is 36.7 Å². The molecular weight excluding hydrogens is 427 g/mol. The third-order valence-electron chi connectivity index (χ3n) is 4.08. The van der Waals surface area contributed by atoms with Crippen LogP contribution < -0.4 is 19.7 Å². The fraction of sp³-hybridized carbons (Fsp3) is 0.412. The molecule has 1 aromatic carbocycles. The molecule has 0 unspecified atom stereocenters. The van der Waals surface area contributed by atoms with Gasteiger partial charge in [-0.2, -0.15) is 0 Å². The molecule has 1 fully saturated rings. The molecule has 1 aromatic heterocycles. The molecule has 30 heavy (non-hydrogen) atoms. The molecule has 0 bridgehead atoms. The number of anilines is 2. The Morgan fingerprint density at radius 1 is 1.10 bits per heavy atom. The lowest BCUT2D eigenvalue weighted by Gasteiger charge is -2.27. The Labute approximate surface area is 171 Å². The fourth-order valence-corrected chi connectivity index (χ4v) is 3.72. The van der Waals surface area contributed by atoms with Crippen LogP contribution >= 0.6 is 0 Å². The van der Waals surface area contributed by atoms with E-state index in [1.54, 1.807) is 6.07 Å². The van der Waals surface area contributed by atoms with Gasteiger partial charge in [0.1, 0.15) is 23.7 Å². The van der Waals surface area contributed by atoms with Crippen LogP contribution in [-0.4, -0.2) is 64.1 Å². The number of hydrogen-bond donors (Lipinski definition) is 2. The van der Waals surface area contributed by atoms with Crippen LogP contribution in [0.4, 0.5) is 24.8 Å². The van der Waals surface area contributed by atoms with Gasteiger partial charge in [0.15, 0.2) is 0 Å². The molecule has 0 radical (unpaired) electrons. The molecule has 2 aromatic rings. The Kier molecular flexibility index (Phi) is 6.95. The number of nitrogens with zero attached hydrogens (tertiary/aromatic N) is 3. The van der Waals surface area contributed by atoms with Crippen molar-refractivity contribution in [1.29, 1.82) is 0 Å². The van der Waals surface area contributed by atoms with E-state index < -0.39 is 22.1 Å². The lowest BCUT2D eigenvalue weighted by atomic mass is 10.3. The van der Waals surface area contributed by atoms with E-state index in [0.29, 0.717) is 19.0 Å². The number of rotatable bonds is 8. The van der Waals surface area contributed by atoms with Gasteiger partial charge in [-0.1, -0.05) is 0 Å². The van der Waals surface area contributed by atoms with Crippen molar-refractivity contribution in [3.8, 4) is 5.75 Å². The third-order valence-corrected chi connectivity index (χ3v) is 5.56. The zero-order valence-corrected chi connectivity index (χ0v) is 16.5. The van der Waals surface area contributed by atoms with E-state index in [2.05, 4.69) is 29.6 Å². The highest BCUT2D eigenvalue weighted by Gasteiger charge is 2.31. The van der Waals surface area contributed by atoms with E-state index in [9.17, 15) is 21.6 Å². The van der Waals surface area contributed by atoms with Crippen LogP contribution in [0.25, 0.3) is 0 Å². The number of nitrogens with one attached hydrogen (secondary N) is 2. The molecule has 1 aliphatic rings. The van der Waals surface area contributed by atoms with Gasteiger partial charge >= 0.3 is 6.36 Å². The molecule has 1 saturated heterocycles. The lowest BCUT2D eigenvalue weighted by molar-refractivity contribution is -0.274. The van der Waals surface area contributed by atoms with Gasteiger partial charge < -0.3 is 19.7 Å². The van der Waals surface area contributed by atoms with Crippen molar-refractivity contribution in [2.24, 2.45) is 0 Å². The highest BCUT2D eigenvalue weighted by Crippen LogP contribution is 2.23. The molecule has 0 atom stereocenters. The zero-order chi connectivity index (χ0) is 21.6. The quantitative estimate of drug-likeness (QED) is 0.588. The van der Waals surface area contributed by atoms with Gasteiger partial charge in [0.25, 0.3) is 0 Å². The molecule has 0 saturated carbocycles. The molecule has 164 valence electrons. The number of morpholine rings is 1. The van der Waals surface area contributed by atoms with Gasteiger partial charge in [0.2, 0.25) is 10.0 Å². The second kappa shape index (κ2) is 9.45. The Bertz CT molecular complexity index is 935. The summed E-state index contributed by atoms with van der Waals surface area (Å²) in [6, 6.07) is 5.72. The van der Waals surface area contributed by atoms with Gasteiger partial charge in [-0.3, -0.25) is 0 Å². The summed E-state index contributed by atoms with van der Waals surface area (Å²) in [5.41, 5.74) is 0. The van der Waals surface area contributed by atoms with Crippen LogP contribution in [0.1, 0.15) is 0 Å². The van der Waals surface area contributed by atoms with Gasteiger partial charge in [-0.25, -0.2) is 23.1 Å². The number of halogens is 3. The highest BCUT2D eigenvalue weighted by molar-refractivity contribution is 7.89. The van der Waals surface area contributed by atoms with Crippen LogP contribution in [0.2, 0.25) is 0 Å². The molecular formula is C17H20F3N5O4S. The van der Waals surface area contributed by atoms with Crippen LogP contribution in [-0.2, 0) is 14.8 Å². The molecule has 2 heterocycles. The van der Waals surface area contributed by atoms with Crippen LogP contribution in [0, 0.1) is 0 Å². The molecule has 1 aliphatic heterocycles. The van der Waals surface area contributed by atoms with Gasteiger partial charge in [0.05, 0.1) is 18.1 Å². The Morgan fingerprint density at radius 3 is 2.47 bits per heavy atom. The normalized spacial score (nSPS) is 15.1. The van der Waals surface area contributed by atoms with E-state index in [1.165, 1.54) is 6.33 Å². The van der Waals surface area contributed by atoms with E-state index in [-0.39, 0.29) is 18.0 Å². The molecule has 2 N–H and O–H groups in total. The minimum atomic E-state index is -4.84.